The highest BCUT2D eigenvalue weighted by molar-refractivity contribution is 9.25. The van der Waals surface area contributed by atoms with Crippen LogP contribution in [0, 0.1) is 0 Å². The summed E-state index contributed by atoms with van der Waals surface area (Å²) in [6.45, 7) is 4.45. The van der Waals surface area contributed by atoms with Gasteiger partial charge in [0.1, 0.15) is 0 Å². The second-order valence-corrected chi connectivity index (χ2v) is 12.4. The molecule has 0 rings (SSSR count). The monoisotopic (exact) mass is 468 g/mol. The van der Waals surface area contributed by atoms with E-state index < -0.39 is 0 Å². The SMILES string of the molecule is CCCCCCCCCC(=O)NSSSSNC(=O)CCCCCCCCC. The van der Waals surface area contributed by atoms with Crippen LogP contribution in [0.3, 0.4) is 0 Å². The Morgan fingerprint density at radius 2 is 0.857 bits per heavy atom. The zero-order valence-corrected chi connectivity index (χ0v) is 21.0. The zero-order chi connectivity index (χ0) is 20.7. The van der Waals surface area contributed by atoms with Gasteiger partial charge in [-0.1, -0.05) is 90.9 Å². The lowest BCUT2D eigenvalue weighted by atomic mass is 10.1. The molecule has 0 saturated heterocycles. The van der Waals surface area contributed by atoms with Crippen LogP contribution in [0.15, 0.2) is 0 Å². The predicted octanol–water partition coefficient (Wildman–Crippen LogP) is 8.01. The molecule has 0 aliphatic heterocycles. The van der Waals surface area contributed by atoms with E-state index in [-0.39, 0.29) is 11.8 Å². The Kier molecular flexibility index (Phi) is 23.9. The first-order valence-electron chi connectivity index (χ1n) is 10.9. The van der Waals surface area contributed by atoms with E-state index in [2.05, 4.69) is 23.3 Å². The first kappa shape index (κ1) is 28.3. The summed E-state index contributed by atoms with van der Waals surface area (Å²) in [6.07, 6.45) is 18.3. The molecular weight excluding hydrogens is 429 g/mol. The molecule has 2 amide bonds. The van der Waals surface area contributed by atoms with Crippen LogP contribution in [0.4, 0.5) is 0 Å². The van der Waals surface area contributed by atoms with Gasteiger partial charge in [0.25, 0.3) is 0 Å². The highest BCUT2D eigenvalue weighted by Crippen LogP contribution is 2.39. The molecule has 0 aliphatic rings. The van der Waals surface area contributed by atoms with E-state index in [0.717, 1.165) is 25.7 Å². The normalized spacial score (nSPS) is 10.8. The fourth-order valence-electron chi connectivity index (χ4n) is 2.74. The van der Waals surface area contributed by atoms with Crippen LogP contribution in [0.25, 0.3) is 0 Å². The van der Waals surface area contributed by atoms with Gasteiger partial charge < -0.3 is 0 Å². The van der Waals surface area contributed by atoms with Crippen LogP contribution >= 0.6 is 41.6 Å². The molecule has 0 fully saturated rings. The number of unbranched alkanes of at least 4 members (excludes halogenated alkanes) is 12. The molecule has 0 saturated carbocycles. The first-order chi connectivity index (χ1) is 13.7. The van der Waals surface area contributed by atoms with Crippen molar-refractivity contribution >= 4 is 53.4 Å². The van der Waals surface area contributed by atoms with Crippen molar-refractivity contribution in [1.29, 1.82) is 0 Å². The fourth-order valence-corrected chi connectivity index (χ4v) is 6.80. The topological polar surface area (TPSA) is 58.2 Å². The van der Waals surface area contributed by atoms with Crippen molar-refractivity contribution in [3.63, 3.8) is 0 Å². The molecule has 0 bridgehead atoms. The van der Waals surface area contributed by atoms with Crippen LogP contribution in [0.5, 0.6) is 0 Å². The van der Waals surface area contributed by atoms with Gasteiger partial charge in [0, 0.05) is 54.5 Å². The number of hydrogen-bond acceptors (Lipinski definition) is 6. The summed E-state index contributed by atoms with van der Waals surface area (Å²) in [5.41, 5.74) is 0. The number of amides is 2. The van der Waals surface area contributed by atoms with E-state index >= 15 is 0 Å². The highest BCUT2D eigenvalue weighted by atomic mass is 33.7. The molecule has 2 N–H and O–H groups in total. The molecular formula is C20H40N2O2S4. The minimum Gasteiger partial charge on any atom is -0.290 e. The van der Waals surface area contributed by atoms with E-state index in [9.17, 15) is 9.59 Å². The molecule has 0 unspecified atom stereocenters. The van der Waals surface area contributed by atoms with E-state index in [1.54, 1.807) is 0 Å². The van der Waals surface area contributed by atoms with Gasteiger partial charge in [0.2, 0.25) is 11.8 Å². The summed E-state index contributed by atoms with van der Waals surface area (Å²) in [7, 11) is 5.58. The number of carbonyl (C=O) groups is 2. The van der Waals surface area contributed by atoms with Crippen LogP contribution < -0.4 is 9.44 Å². The van der Waals surface area contributed by atoms with Crippen molar-refractivity contribution in [1.82, 2.24) is 9.44 Å². The third kappa shape index (κ3) is 22.6. The summed E-state index contributed by atoms with van der Waals surface area (Å²) in [6, 6.07) is 0. The minimum atomic E-state index is 0.0969. The average Bonchev–Trinajstić information content (AvgIpc) is 2.69. The molecule has 4 nitrogen and oxygen atoms in total. The smallest absolute Gasteiger partial charge is 0.230 e. The summed E-state index contributed by atoms with van der Waals surface area (Å²) in [4.78, 5) is 23.4. The van der Waals surface area contributed by atoms with Gasteiger partial charge in [-0.15, -0.1) is 0 Å². The summed E-state index contributed by atoms with van der Waals surface area (Å²) in [5, 5.41) is 0. The van der Waals surface area contributed by atoms with Gasteiger partial charge in [0.15, 0.2) is 0 Å². The number of rotatable bonds is 21. The van der Waals surface area contributed by atoms with E-state index in [4.69, 9.17) is 0 Å². The van der Waals surface area contributed by atoms with Crippen molar-refractivity contribution in [3.8, 4) is 0 Å². The van der Waals surface area contributed by atoms with Gasteiger partial charge in [-0.05, 0) is 12.8 Å². The van der Waals surface area contributed by atoms with Gasteiger partial charge in [-0.3, -0.25) is 19.0 Å². The van der Waals surface area contributed by atoms with Gasteiger partial charge >= 0.3 is 0 Å². The first-order valence-corrected chi connectivity index (χ1v) is 15.8. The van der Waals surface area contributed by atoms with Crippen LogP contribution in [0.2, 0.25) is 0 Å². The molecule has 0 radical (unpaired) electrons. The standard InChI is InChI=1S/C20H40N2O2S4/c1-3-5-7-9-11-13-15-17-19(23)21-25-27-28-26-22-20(24)18-16-14-12-10-8-6-4-2/h3-18H2,1-2H3,(H,21,23)(H,22,24). The molecule has 0 aromatic rings. The molecule has 166 valence electrons. The van der Waals surface area contributed by atoms with Crippen molar-refractivity contribution < 1.29 is 9.59 Å². The van der Waals surface area contributed by atoms with Crippen molar-refractivity contribution in [2.75, 3.05) is 0 Å². The number of carbonyl (C=O) groups excluding carboxylic acids is 2. The largest absolute Gasteiger partial charge is 0.290 e. The number of nitrogens with one attached hydrogen (secondary N) is 2. The Morgan fingerprint density at radius 1 is 0.536 bits per heavy atom. The lowest BCUT2D eigenvalue weighted by molar-refractivity contribution is -0.120. The zero-order valence-electron chi connectivity index (χ0n) is 17.8. The molecule has 0 atom stereocenters. The molecule has 0 aromatic heterocycles. The fraction of sp³-hybridized carbons (Fsp3) is 0.900. The van der Waals surface area contributed by atoms with E-state index in [0.29, 0.717) is 12.8 Å². The minimum absolute atomic E-state index is 0.0969. The van der Waals surface area contributed by atoms with E-state index in [1.807, 2.05) is 0 Å². The van der Waals surface area contributed by atoms with Crippen LogP contribution in [0.1, 0.15) is 117 Å². The molecule has 0 heterocycles. The van der Waals surface area contributed by atoms with Crippen LogP contribution in [-0.2, 0) is 9.59 Å². The summed E-state index contributed by atoms with van der Waals surface area (Å²) in [5.74, 6) is 0.194. The second kappa shape index (κ2) is 23.6. The Bertz CT molecular complexity index is 340. The molecule has 0 aromatic carbocycles. The number of hydrogen-bond donors (Lipinski definition) is 2. The van der Waals surface area contributed by atoms with E-state index in [1.165, 1.54) is 106 Å². The maximum absolute atomic E-state index is 11.7. The third-order valence-corrected chi connectivity index (χ3v) is 9.53. The predicted molar refractivity (Wildman–Crippen MR) is 132 cm³/mol. The maximum Gasteiger partial charge on any atom is 0.230 e. The van der Waals surface area contributed by atoms with Crippen molar-refractivity contribution in [2.24, 2.45) is 0 Å². The Labute approximate surface area is 188 Å². The summed E-state index contributed by atoms with van der Waals surface area (Å²) < 4.78 is 5.68. The highest BCUT2D eigenvalue weighted by Gasteiger charge is 2.04. The van der Waals surface area contributed by atoms with Crippen molar-refractivity contribution in [2.45, 2.75) is 117 Å². The molecule has 8 heteroatoms. The van der Waals surface area contributed by atoms with Gasteiger partial charge in [-0.2, -0.15) is 0 Å². The lowest BCUT2D eigenvalue weighted by Gasteiger charge is -2.05. The molecule has 0 spiro atoms. The third-order valence-electron chi connectivity index (χ3n) is 4.42. The van der Waals surface area contributed by atoms with Crippen LogP contribution in [-0.4, -0.2) is 11.8 Å². The van der Waals surface area contributed by atoms with Gasteiger partial charge in [-0.25, -0.2) is 0 Å². The second-order valence-electron chi connectivity index (χ2n) is 7.10. The Hall–Kier alpha value is 0.340. The Morgan fingerprint density at radius 3 is 1.21 bits per heavy atom. The summed E-state index contributed by atoms with van der Waals surface area (Å²) >= 11 is 0. The average molecular weight is 469 g/mol. The molecule has 28 heavy (non-hydrogen) atoms. The quantitative estimate of drug-likeness (QED) is 0.101. The van der Waals surface area contributed by atoms with Crippen molar-refractivity contribution in [3.05, 3.63) is 0 Å². The Balaban J connectivity index is 3.28. The molecule has 0 aliphatic carbocycles. The maximum atomic E-state index is 11.7. The lowest BCUT2D eigenvalue weighted by Crippen LogP contribution is -2.14. The van der Waals surface area contributed by atoms with Gasteiger partial charge in [0.05, 0.1) is 0 Å².